The van der Waals surface area contributed by atoms with E-state index in [1.807, 2.05) is 6.92 Å². The van der Waals surface area contributed by atoms with Crippen molar-refractivity contribution in [1.82, 2.24) is 14.9 Å². The van der Waals surface area contributed by atoms with Gasteiger partial charge in [-0.3, -0.25) is 9.59 Å². The first kappa shape index (κ1) is 13.1. The third-order valence-corrected chi connectivity index (χ3v) is 3.89. The minimum atomic E-state index is -0.0900. The predicted octanol–water partition coefficient (Wildman–Crippen LogP) is 1.73. The van der Waals surface area contributed by atoms with Crippen LogP contribution in [0.4, 0.5) is 0 Å². The number of carbonyl (C=O) groups excluding carboxylic acids is 2. The molecule has 1 aromatic heterocycles. The molecule has 98 valence electrons. The molecule has 0 aliphatic heterocycles. The van der Waals surface area contributed by atoms with Gasteiger partial charge in [0, 0.05) is 18.9 Å². The summed E-state index contributed by atoms with van der Waals surface area (Å²) < 4.78 is 3.84. The van der Waals surface area contributed by atoms with E-state index in [0.717, 1.165) is 42.9 Å². The molecule has 0 unspecified atom stereocenters. The summed E-state index contributed by atoms with van der Waals surface area (Å²) in [5, 5.41) is 6.97. The van der Waals surface area contributed by atoms with Crippen LogP contribution < -0.4 is 5.32 Å². The van der Waals surface area contributed by atoms with Gasteiger partial charge < -0.3 is 5.32 Å². The van der Waals surface area contributed by atoms with Crippen LogP contribution in [0.3, 0.4) is 0 Å². The Kier molecular flexibility index (Phi) is 4.41. The molecule has 0 aromatic carbocycles. The van der Waals surface area contributed by atoms with Crippen molar-refractivity contribution in [3.63, 3.8) is 0 Å². The average Bonchev–Trinajstić information content (AvgIpc) is 2.81. The normalized spacial score (nSPS) is 16.8. The highest BCUT2D eigenvalue weighted by Crippen LogP contribution is 2.17. The third kappa shape index (κ3) is 3.13. The quantitative estimate of drug-likeness (QED) is 0.901. The zero-order valence-corrected chi connectivity index (χ0v) is 11.3. The minimum Gasteiger partial charge on any atom is -0.348 e. The fourth-order valence-corrected chi connectivity index (χ4v) is 2.73. The van der Waals surface area contributed by atoms with Gasteiger partial charge in [0.2, 0.25) is 0 Å². The Labute approximate surface area is 110 Å². The maximum Gasteiger partial charge on any atom is 0.265 e. The molecular weight excluding hydrogens is 250 g/mol. The molecule has 6 heteroatoms. The molecule has 18 heavy (non-hydrogen) atoms. The van der Waals surface area contributed by atoms with E-state index < -0.39 is 0 Å². The van der Waals surface area contributed by atoms with Gasteiger partial charge in [-0.2, -0.15) is 0 Å². The molecule has 5 nitrogen and oxygen atoms in total. The lowest BCUT2D eigenvalue weighted by molar-refractivity contribution is -0.120. The van der Waals surface area contributed by atoms with Gasteiger partial charge in [0.1, 0.15) is 10.7 Å². The lowest BCUT2D eigenvalue weighted by Crippen LogP contribution is -2.37. The zero-order chi connectivity index (χ0) is 13.0. The number of Topliss-reactive ketones (excluding diaryl/α,β-unsaturated/α-hetero) is 1. The molecule has 0 saturated heterocycles. The molecule has 0 atom stereocenters. The van der Waals surface area contributed by atoms with Crippen molar-refractivity contribution >= 4 is 23.2 Å². The van der Waals surface area contributed by atoms with Crippen molar-refractivity contribution < 1.29 is 9.59 Å². The van der Waals surface area contributed by atoms with E-state index in [2.05, 4.69) is 14.9 Å². The van der Waals surface area contributed by atoms with Gasteiger partial charge in [-0.15, -0.1) is 5.10 Å². The number of ketones is 1. The summed E-state index contributed by atoms with van der Waals surface area (Å²) in [6.45, 7) is 2.05. The second-order valence-corrected chi connectivity index (χ2v) is 5.34. The van der Waals surface area contributed by atoms with E-state index in [4.69, 9.17) is 0 Å². The molecule has 2 rings (SSSR count). The average molecular weight is 267 g/mol. The number of nitrogens with zero attached hydrogens (tertiary/aromatic N) is 2. The number of carbonyl (C=O) groups is 2. The van der Waals surface area contributed by atoms with Crippen molar-refractivity contribution in [3.05, 3.63) is 10.6 Å². The van der Waals surface area contributed by atoms with Crippen molar-refractivity contribution in [2.75, 3.05) is 0 Å². The molecule has 1 amide bonds. The highest BCUT2D eigenvalue weighted by molar-refractivity contribution is 7.08. The van der Waals surface area contributed by atoms with Crippen LogP contribution in [0.5, 0.6) is 0 Å². The molecule has 1 aromatic rings. The number of nitrogens with one attached hydrogen (secondary N) is 1. The Morgan fingerprint density at radius 1 is 1.44 bits per heavy atom. The largest absolute Gasteiger partial charge is 0.348 e. The minimum absolute atomic E-state index is 0.0900. The Morgan fingerprint density at radius 2 is 2.17 bits per heavy atom. The van der Waals surface area contributed by atoms with Gasteiger partial charge in [-0.25, -0.2) is 0 Å². The molecule has 0 spiro atoms. The first-order chi connectivity index (χ1) is 8.70. The van der Waals surface area contributed by atoms with E-state index in [1.165, 1.54) is 0 Å². The number of rotatable bonds is 4. The highest BCUT2D eigenvalue weighted by atomic mass is 32.1. The summed E-state index contributed by atoms with van der Waals surface area (Å²) in [4.78, 5) is 23.8. The van der Waals surface area contributed by atoms with Crippen molar-refractivity contribution in [2.45, 2.75) is 51.5 Å². The van der Waals surface area contributed by atoms with E-state index in [0.29, 0.717) is 23.5 Å². The summed E-state index contributed by atoms with van der Waals surface area (Å²) >= 11 is 1.15. The number of hydrogen-bond acceptors (Lipinski definition) is 5. The van der Waals surface area contributed by atoms with Crippen LogP contribution >= 0.6 is 11.5 Å². The fourth-order valence-electron chi connectivity index (χ4n) is 2.12. The van der Waals surface area contributed by atoms with E-state index >= 15 is 0 Å². The van der Waals surface area contributed by atoms with Crippen LogP contribution in [0, 0.1) is 0 Å². The number of hydrogen-bond donors (Lipinski definition) is 1. The Morgan fingerprint density at radius 3 is 2.83 bits per heavy atom. The molecular formula is C12H17N3O2S. The van der Waals surface area contributed by atoms with Crippen LogP contribution in [-0.4, -0.2) is 27.3 Å². The first-order valence-electron chi connectivity index (χ1n) is 6.34. The highest BCUT2D eigenvalue weighted by Gasteiger charge is 2.23. The number of aromatic nitrogens is 2. The number of aryl methyl sites for hydroxylation is 1. The third-order valence-electron chi connectivity index (χ3n) is 3.13. The topological polar surface area (TPSA) is 72.0 Å². The van der Waals surface area contributed by atoms with Gasteiger partial charge in [0.05, 0.1) is 5.69 Å². The van der Waals surface area contributed by atoms with E-state index in [-0.39, 0.29) is 11.9 Å². The van der Waals surface area contributed by atoms with Gasteiger partial charge in [-0.1, -0.05) is 17.8 Å². The van der Waals surface area contributed by atoms with Crippen LogP contribution in [0.2, 0.25) is 0 Å². The fraction of sp³-hybridized carbons (Fsp3) is 0.667. The molecule has 1 N–H and O–H groups in total. The van der Waals surface area contributed by atoms with Crippen LogP contribution in [0.1, 0.15) is 54.4 Å². The maximum atomic E-state index is 12.1. The van der Waals surface area contributed by atoms with Gasteiger partial charge in [-0.05, 0) is 30.8 Å². The SMILES string of the molecule is CCCc1nnsc1C(=O)NC1CCC(=O)CC1. The van der Waals surface area contributed by atoms with Crippen molar-refractivity contribution in [1.29, 1.82) is 0 Å². The molecule has 1 fully saturated rings. The predicted molar refractivity (Wildman–Crippen MR) is 68.6 cm³/mol. The van der Waals surface area contributed by atoms with Gasteiger partial charge in [0.15, 0.2) is 0 Å². The zero-order valence-electron chi connectivity index (χ0n) is 10.4. The van der Waals surface area contributed by atoms with Crippen molar-refractivity contribution in [3.8, 4) is 0 Å². The molecule has 1 saturated carbocycles. The molecule has 0 bridgehead atoms. The molecule has 1 aliphatic carbocycles. The Balaban J connectivity index is 1.94. The first-order valence-corrected chi connectivity index (χ1v) is 7.11. The summed E-state index contributed by atoms with van der Waals surface area (Å²) in [7, 11) is 0. The second kappa shape index (κ2) is 6.04. The summed E-state index contributed by atoms with van der Waals surface area (Å²) in [6, 6.07) is 0.117. The smallest absolute Gasteiger partial charge is 0.265 e. The van der Waals surface area contributed by atoms with E-state index in [9.17, 15) is 9.59 Å². The maximum absolute atomic E-state index is 12.1. The lowest BCUT2D eigenvalue weighted by atomic mass is 9.94. The summed E-state index contributed by atoms with van der Waals surface area (Å²) in [5.74, 6) is 0.208. The van der Waals surface area contributed by atoms with Crippen LogP contribution in [-0.2, 0) is 11.2 Å². The standard InChI is InChI=1S/C12H17N3O2S/c1-2-3-10-11(18-15-14-10)12(17)13-8-4-6-9(16)7-5-8/h8H,2-7H2,1H3,(H,13,17). The van der Waals surface area contributed by atoms with Gasteiger partial charge >= 0.3 is 0 Å². The van der Waals surface area contributed by atoms with Crippen LogP contribution in [0.25, 0.3) is 0 Å². The van der Waals surface area contributed by atoms with Crippen LogP contribution in [0.15, 0.2) is 0 Å². The molecule has 1 aliphatic rings. The van der Waals surface area contributed by atoms with Crippen molar-refractivity contribution in [2.24, 2.45) is 0 Å². The van der Waals surface area contributed by atoms with E-state index in [1.54, 1.807) is 0 Å². The second-order valence-electron chi connectivity index (χ2n) is 4.59. The summed E-state index contributed by atoms with van der Waals surface area (Å²) in [5.41, 5.74) is 0.784. The molecule has 1 heterocycles. The number of amides is 1. The monoisotopic (exact) mass is 267 g/mol. The Hall–Kier alpha value is -1.30. The Bertz CT molecular complexity index is 434. The summed E-state index contributed by atoms with van der Waals surface area (Å²) in [6.07, 6.45) is 4.38. The lowest BCUT2D eigenvalue weighted by Gasteiger charge is -2.21. The molecule has 0 radical (unpaired) electrons. The van der Waals surface area contributed by atoms with Gasteiger partial charge in [0.25, 0.3) is 5.91 Å².